The average molecular weight is 488 g/mol. The molecule has 1 unspecified atom stereocenters. The summed E-state index contributed by atoms with van der Waals surface area (Å²) in [7, 11) is 0. The minimum absolute atomic E-state index is 0.000349. The third-order valence-electron chi connectivity index (χ3n) is 5.11. The molecular formula is C24H19F3N2O4S. The van der Waals surface area contributed by atoms with E-state index in [1.54, 1.807) is 32.1 Å². The third kappa shape index (κ3) is 4.67. The zero-order chi connectivity index (χ0) is 24.4. The molecule has 1 aromatic heterocycles. The molecule has 34 heavy (non-hydrogen) atoms. The first kappa shape index (κ1) is 23.5. The van der Waals surface area contributed by atoms with E-state index >= 15 is 0 Å². The van der Waals surface area contributed by atoms with Crippen LogP contribution in [0.3, 0.4) is 0 Å². The van der Waals surface area contributed by atoms with Crippen molar-refractivity contribution in [2.75, 3.05) is 6.61 Å². The lowest BCUT2D eigenvalue weighted by atomic mass is 9.96. The van der Waals surface area contributed by atoms with E-state index in [4.69, 9.17) is 4.74 Å². The number of hydrogen-bond donors (Lipinski definition) is 0. The molecule has 1 aliphatic heterocycles. The van der Waals surface area contributed by atoms with Gasteiger partial charge in [-0.15, -0.1) is 0 Å². The quantitative estimate of drug-likeness (QED) is 0.498. The van der Waals surface area contributed by atoms with E-state index in [0.29, 0.717) is 26.2 Å². The van der Waals surface area contributed by atoms with Gasteiger partial charge in [0.25, 0.3) is 5.56 Å². The summed E-state index contributed by atoms with van der Waals surface area (Å²) < 4.78 is 49.6. The van der Waals surface area contributed by atoms with E-state index in [9.17, 15) is 22.8 Å². The summed E-state index contributed by atoms with van der Waals surface area (Å²) in [6.07, 6.45) is 1.60. The Bertz CT molecular complexity index is 1420. The molecule has 2 heterocycles. The number of benzene rings is 2. The van der Waals surface area contributed by atoms with Crippen molar-refractivity contribution in [2.45, 2.75) is 26.5 Å². The Labute approximate surface area is 195 Å². The number of ether oxygens (including phenoxy) is 2. The van der Waals surface area contributed by atoms with Crippen molar-refractivity contribution in [3.05, 3.63) is 96.4 Å². The lowest BCUT2D eigenvalue weighted by Gasteiger charge is -2.24. The molecule has 0 saturated heterocycles. The Morgan fingerprint density at radius 3 is 2.47 bits per heavy atom. The molecule has 10 heteroatoms. The van der Waals surface area contributed by atoms with Gasteiger partial charge in [-0.05, 0) is 55.3 Å². The Kier molecular flexibility index (Phi) is 6.69. The van der Waals surface area contributed by atoms with Crippen LogP contribution in [0.1, 0.15) is 31.0 Å². The highest BCUT2D eigenvalue weighted by atomic mass is 32.1. The van der Waals surface area contributed by atoms with E-state index in [2.05, 4.69) is 9.73 Å². The van der Waals surface area contributed by atoms with Crippen molar-refractivity contribution in [2.24, 2.45) is 4.99 Å². The first-order chi connectivity index (χ1) is 16.3. The van der Waals surface area contributed by atoms with Crippen LogP contribution < -0.4 is 19.6 Å². The summed E-state index contributed by atoms with van der Waals surface area (Å²) in [5.74, 6) is -1.06. The zero-order valence-corrected chi connectivity index (χ0v) is 18.9. The van der Waals surface area contributed by atoms with Gasteiger partial charge in [0.1, 0.15) is 11.6 Å². The summed E-state index contributed by atoms with van der Waals surface area (Å²) >= 11 is 1.12. The van der Waals surface area contributed by atoms with E-state index in [1.165, 1.54) is 41.0 Å². The molecule has 1 atom stereocenters. The first-order valence-corrected chi connectivity index (χ1v) is 11.1. The van der Waals surface area contributed by atoms with Gasteiger partial charge in [-0.3, -0.25) is 9.36 Å². The monoisotopic (exact) mass is 488 g/mol. The van der Waals surface area contributed by atoms with Crippen molar-refractivity contribution in [3.63, 3.8) is 0 Å². The molecule has 0 fully saturated rings. The number of carbonyl (C=O) groups excluding carboxylic acids is 1. The minimum atomic E-state index is -2.93. The summed E-state index contributed by atoms with van der Waals surface area (Å²) in [5.41, 5.74) is 1.31. The van der Waals surface area contributed by atoms with Crippen molar-refractivity contribution in [3.8, 4) is 5.75 Å². The predicted molar refractivity (Wildman–Crippen MR) is 120 cm³/mol. The lowest BCUT2D eigenvalue weighted by molar-refractivity contribution is -0.139. The fourth-order valence-electron chi connectivity index (χ4n) is 3.65. The molecular weight excluding hydrogens is 469 g/mol. The maximum Gasteiger partial charge on any atom is 0.387 e. The molecule has 0 spiro atoms. The highest BCUT2D eigenvalue weighted by Gasteiger charge is 2.33. The number of esters is 1. The molecule has 1 aliphatic rings. The van der Waals surface area contributed by atoms with Gasteiger partial charge in [0.05, 0.1) is 28.5 Å². The number of hydrogen-bond acceptors (Lipinski definition) is 6. The Hall–Kier alpha value is -3.66. The highest BCUT2D eigenvalue weighted by Crippen LogP contribution is 2.30. The number of rotatable bonds is 6. The van der Waals surface area contributed by atoms with E-state index in [-0.39, 0.29) is 17.9 Å². The molecule has 0 radical (unpaired) electrons. The van der Waals surface area contributed by atoms with Gasteiger partial charge in [-0.25, -0.2) is 14.2 Å². The van der Waals surface area contributed by atoms with Crippen LogP contribution in [0.5, 0.6) is 5.75 Å². The summed E-state index contributed by atoms with van der Waals surface area (Å²) in [4.78, 5) is 31.0. The van der Waals surface area contributed by atoms with Crippen molar-refractivity contribution >= 4 is 23.4 Å². The van der Waals surface area contributed by atoms with Crippen LogP contribution in [0.15, 0.2) is 69.6 Å². The van der Waals surface area contributed by atoms with Gasteiger partial charge >= 0.3 is 12.6 Å². The molecule has 2 aromatic carbocycles. The summed E-state index contributed by atoms with van der Waals surface area (Å²) in [5, 5.41) is 0. The summed E-state index contributed by atoms with van der Waals surface area (Å²) in [6, 6.07) is 10.5. The van der Waals surface area contributed by atoms with Crippen LogP contribution in [0.25, 0.3) is 6.08 Å². The normalized spacial score (nSPS) is 15.8. The van der Waals surface area contributed by atoms with Crippen LogP contribution in [-0.4, -0.2) is 23.8 Å². The molecule has 3 aromatic rings. The van der Waals surface area contributed by atoms with Gasteiger partial charge < -0.3 is 9.47 Å². The Morgan fingerprint density at radius 1 is 1.18 bits per heavy atom. The van der Waals surface area contributed by atoms with E-state index in [1.807, 2.05) is 0 Å². The van der Waals surface area contributed by atoms with Gasteiger partial charge in [0.2, 0.25) is 0 Å². The van der Waals surface area contributed by atoms with Gasteiger partial charge in [-0.2, -0.15) is 8.78 Å². The van der Waals surface area contributed by atoms with Crippen LogP contribution in [0, 0.1) is 5.82 Å². The maximum absolute atomic E-state index is 13.6. The highest BCUT2D eigenvalue weighted by molar-refractivity contribution is 7.07. The molecule has 0 aliphatic carbocycles. The van der Waals surface area contributed by atoms with Gasteiger partial charge in [0.15, 0.2) is 4.80 Å². The van der Waals surface area contributed by atoms with Crippen molar-refractivity contribution < 1.29 is 27.4 Å². The number of nitrogens with zero attached hydrogens (tertiary/aromatic N) is 2. The smallest absolute Gasteiger partial charge is 0.387 e. The Morgan fingerprint density at radius 2 is 1.85 bits per heavy atom. The number of alkyl halides is 2. The second-order valence-corrected chi connectivity index (χ2v) is 8.31. The second-order valence-electron chi connectivity index (χ2n) is 7.30. The topological polar surface area (TPSA) is 69.9 Å². The fourth-order valence-corrected chi connectivity index (χ4v) is 4.70. The largest absolute Gasteiger partial charge is 0.463 e. The van der Waals surface area contributed by atoms with Gasteiger partial charge in [0, 0.05) is 0 Å². The maximum atomic E-state index is 13.6. The molecule has 176 valence electrons. The number of fused-ring (bicyclic) bond motifs is 1. The van der Waals surface area contributed by atoms with Crippen molar-refractivity contribution in [1.29, 1.82) is 0 Å². The predicted octanol–water partition coefficient (Wildman–Crippen LogP) is 3.54. The fraction of sp³-hybridized carbons (Fsp3) is 0.208. The van der Waals surface area contributed by atoms with E-state index in [0.717, 1.165) is 11.3 Å². The number of halogens is 3. The molecule has 0 bridgehead atoms. The lowest BCUT2D eigenvalue weighted by Crippen LogP contribution is -2.39. The van der Waals surface area contributed by atoms with Crippen molar-refractivity contribution in [1.82, 2.24) is 4.57 Å². The Balaban J connectivity index is 1.85. The molecule has 0 amide bonds. The third-order valence-corrected chi connectivity index (χ3v) is 6.09. The molecule has 6 nitrogen and oxygen atoms in total. The molecule has 0 saturated carbocycles. The van der Waals surface area contributed by atoms with Crippen LogP contribution >= 0.6 is 11.3 Å². The number of aromatic nitrogens is 1. The average Bonchev–Trinajstić information content (AvgIpc) is 3.09. The van der Waals surface area contributed by atoms with Crippen LogP contribution in [0.4, 0.5) is 13.2 Å². The first-order valence-electron chi connectivity index (χ1n) is 10.3. The number of allylic oxidation sites excluding steroid dienone is 1. The zero-order valence-electron chi connectivity index (χ0n) is 18.1. The SMILES string of the molecule is CCOC(=O)C1=C(C)N=c2sc(=Cc3ccc(OC(F)F)cc3)c(=O)n2C1c1ccc(F)cc1. The minimum Gasteiger partial charge on any atom is -0.463 e. The van der Waals surface area contributed by atoms with Gasteiger partial charge in [-0.1, -0.05) is 35.6 Å². The summed E-state index contributed by atoms with van der Waals surface area (Å²) in [6.45, 7) is 0.536. The molecule has 4 rings (SSSR count). The molecule has 0 N–H and O–H groups in total. The van der Waals surface area contributed by atoms with Crippen LogP contribution in [-0.2, 0) is 9.53 Å². The van der Waals surface area contributed by atoms with Crippen LogP contribution in [0.2, 0.25) is 0 Å². The standard InChI is InChI=1S/C24H19F3N2O4S/c1-3-32-22(31)19-13(2)28-24-29(20(19)15-6-8-16(25)9-7-15)21(30)18(34-24)12-14-4-10-17(11-5-14)33-23(26)27/h4-12,20,23H,3H2,1-2H3. The number of carbonyl (C=O) groups is 1. The second kappa shape index (κ2) is 9.68. The van der Waals surface area contributed by atoms with E-state index < -0.39 is 30.0 Å². The number of thiazole rings is 1.